The molecule has 0 saturated heterocycles. The van der Waals surface area contributed by atoms with E-state index in [9.17, 15) is 9.59 Å². The van der Waals surface area contributed by atoms with Crippen molar-refractivity contribution in [3.05, 3.63) is 24.3 Å². The average molecular weight is 331 g/mol. The summed E-state index contributed by atoms with van der Waals surface area (Å²) in [4.78, 5) is 23.9. The van der Waals surface area contributed by atoms with Crippen molar-refractivity contribution in [3.8, 4) is 0 Å². The minimum Gasteiger partial charge on any atom is -0.335 e. The van der Waals surface area contributed by atoms with Gasteiger partial charge in [0.1, 0.15) is 0 Å². The van der Waals surface area contributed by atoms with Crippen molar-refractivity contribution in [2.45, 2.75) is 58.9 Å². The molecule has 1 fully saturated rings. The molecule has 1 saturated carbocycles. The van der Waals surface area contributed by atoms with Crippen molar-refractivity contribution >= 4 is 23.3 Å². The lowest BCUT2D eigenvalue weighted by Gasteiger charge is -2.29. The van der Waals surface area contributed by atoms with E-state index in [0.29, 0.717) is 18.3 Å². The highest BCUT2D eigenvalue weighted by Crippen LogP contribution is 2.23. The van der Waals surface area contributed by atoms with Gasteiger partial charge < -0.3 is 16.0 Å². The molecule has 5 heteroatoms. The minimum absolute atomic E-state index is 0.00902. The van der Waals surface area contributed by atoms with Crippen LogP contribution in [0.4, 0.5) is 16.2 Å². The summed E-state index contributed by atoms with van der Waals surface area (Å²) in [7, 11) is 0. The number of carbonyl (C=O) groups is 2. The van der Waals surface area contributed by atoms with Gasteiger partial charge in [-0.25, -0.2) is 4.79 Å². The Hall–Kier alpha value is -2.04. The number of rotatable bonds is 5. The second-order valence-electron chi connectivity index (χ2n) is 7.19. The van der Waals surface area contributed by atoms with E-state index < -0.39 is 0 Å². The fourth-order valence-corrected chi connectivity index (χ4v) is 3.09. The summed E-state index contributed by atoms with van der Waals surface area (Å²) in [5.41, 5.74) is 1.46. The van der Waals surface area contributed by atoms with E-state index in [1.807, 2.05) is 13.8 Å². The van der Waals surface area contributed by atoms with Gasteiger partial charge >= 0.3 is 6.03 Å². The first-order valence-corrected chi connectivity index (χ1v) is 8.91. The van der Waals surface area contributed by atoms with Crippen LogP contribution in [0.3, 0.4) is 0 Å². The summed E-state index contributed by atoms with van der Waals surface area (Å²) < 4.78 is 0. The number of nitrogens with one attached hydrogen (secondary N) is 3. The van der Waals surface area contributed by atoms with E-state index in [4.69, 9.17) is 0 Å². The first kappa shape index (κ1) is 18.3. The Morgan fingerprint density at radius 3 is 2.21 bits per heavy atom. The van der Waals surface area contributed by atoms with Crippen molar-refractivity contribution in [1.29, 1.82) is 0 Å². The zero-order valence-corrected chi connectivity index (χ0v) is 14.9. The monoisotopic (exact) mass is 331 g/mol. The van der Waals surface area contributed by atoms with Gasteiger partial charge in [0.2, 0.25) is 5.91 Å². The number of amides is 3. The Balaban J connectivity index is 1.82. The van der Waals surface area contributed by atoms with E-state index in [2.05, 4.69) is 22.9 Å². The normalized spacial score (nSPS) is 20.5. The first-order chi connectivity index (χ1) is 11.4. The number of urea groups is 1. The molecule has 5 nitrogen and oxygen atoms in total. The summed E-state index contributed by atoms with van der Waals surface area (Å²) in [6.07, 6.45) is 5.16. The van der Waals surface area contributed by atoms with Crippen LogP contribution >= 0.6 is 0 Å². The molecule has 24 heavy (non-hydrogen) atoms. The molecule has 2 rings (SSSR count). The lowest BCUT2D eigenvalue weighted by Crippen LogP contribution is -2.43. The molecule has 0 aliphatic heterocycles. The zero-order valence-electron chi connectivity index (χ0n) is 14.9. The third kappa shape index (κ3) is 5.87. The van der Waals surface area contributed by atoms with E-state index in [1.165, 1.54) is 19.3 Å². The summed E-state index contributed by atoms with van der Waals surface area (Å²) in [5.74, 6) is 0.870. The highest BCUT2D eigenvalue weighted by atomic mass is 16.2. The SMILES string of the molecule is CC(C)CC(=O)Nc1ccc(NC(=O)NC2CCCCC2C)cc1. The van der Waals surface area contributed by atoms with Crippen LogP contribution in [-0.4, -0.2) is 18.0 Å². The molecule has 1 aromatic carbocycles. The van der Waals surface area contributed by atoms with E-state index in [0.717, 1.165) is 17.8 Å². The molecule has 0 aromatic heterocycles. The first-order valence-electron chi connectivity index (χ1n) is 8.91. The standard InChI is InChI=1S/C19H29N3O2/c1-13(2)12-18(23)20-15-8-10-16(11-9-15)21-19(24)22-17-7-5-4-6-14(17)3/h8-11,13-14,17H,4-7,12H2,1-3H3,(H,20,23)(H2,21,22,24). The third-order valence-electron chi connectivity index (χ3n) is 4.45. The van der Waals surface area contributed by atoms with Gasteiger partial charge in [0.25, 0.3) is 0 Å². The number of benzene rings is 1. The van der Waals surface area contributed by atoms with Gasteiger partial charge in [-0.2, -0.15) is 0 Å². The summed E-state index contributed by atoms with van der Waals surface area (Å²) in [6.45, 7) is 6.22. The average Bonchev–Trinajstić information content (AvgIpc) is 2.51. The van der Waals surface area contributed by atoms with E-state index >= 15 is 0 Å². The van der Waals surface area contributed by atoms with Crippen molar-refractivity contribution in [2.75, 3.05) is 10.6 Å². The Morgan fingerprint density at radius 1 is 1.04 bits per heavy atom. The molecule has 1 aliphatic carbocycles. The lowest BCUT2D eigenvalue weighted by molar-refractivity contribution is -0.116. The number of carbonyl (C=O) groups excluding carboxylic acids is 2. The Bertz CT molecular complexity index is 554. The molecule has 2 unspecified atom stereocenters. The third-order valence-corrected chi connectivity index (χ3v) is 4.45. The lowest BCUT2D eigenvalue weighted by atomic mass is 9.86. The fraction of sp³-hybridized carbons (Fsp3) is 0.579. The molecule has 1 aliphatic rings. The van der Waals surface area contributed by atoms with Gasteiger partial charge in [0.15, 0.2) is 0 Å². The van der Waals surface area contributed by atoms with E-state index in [1.54, 1.807) is 24.3 Å². The van der Waals surface area contributed by atoms with Gasteiger partial charge in [-0.3, -0.25) is 4.79 Å². The molecule has 3 N–H and O–H groups in total. The topological polar surface area (TPSA) is 70.2 Å². The highest BCUT2D eigenvalue weighted by molar-refractivity contribution is 5.92. The number of anilines is 2. The molecular formula is C19H29N3O2. The van der Waals surface area contributed by atoms with Crippen molar-refractivity contribution < 1.29 is 9.59 Å². The van der Waals surface area contributed by atoms with Crippen LogP contribution in [0.2, 0.25) is 0 Å². The van der Waals surface area contributed by atoms with Crippen molar-refractivity contribution in [2.24, 2.45) is 11.8 Å². The molecular weight excluding hydrogens is 302 g/mol. The summed E-state index contributed by atoms with van der Waals surface area (Å²) in [5, 5.41) is 8.78. The maximum atomic E-state index is 12.1. The van der Waals surface area contributed by atoms with Crippen LogP contribution in [0.25, 0.3) is 0 Å². The van der Waals surface area contributed by atoms with Gasteiger partial charge in [0, 0.05) is 23.8 Å². The Morgan fingerprint density at radius 2 is 1.62 bits per heavy atom. The molecule has 2 atom stereocenters. The largest absolute Gasteiger partial charge is 0.335 e. The van der Waals surface area contributed by atoms with Crippen LogP contribution in [0, 0.1) is 11.8 Å². The predicted molar refractivity (Wildman–Crippen MR) is 98.1 cm³/mol. The molecule has 1 aromatic rings. The van der Waals surface area contributed by atoms with Gasteiger partial charge in [0.05, 0.1) is 0 Å². The Labute approximate surface area is 144 Å². The van der Waals surface area contributed by atoms with Gasteiger partial charge in [-0.1, -0.05) is 33.6 Å². The maximum absolute atomic E-state index is 12.1. The molecule has 3 amide bonds. The number of hydrogen-bond donors (Lipinski definition) is 3. The molecule has 0 heterocycles. The molecule has 0 spiro atoms. The minimum atomic E-state index is -0.162. The van der Waals surface area contributed by atoms with Crippen LogP contribution in [0.15, 0.2) is 24.3 Å². The zero-order chi connectivity index (χ0) is 17.5. The Kier molecular flexibility index (Phi) is 6.64. The van der Waals surface area contributed by atoms with Crippen molar-refractivity contribution in [1.82, 2.24) is 5.32 Å². The van der Waals surface area contributed by atoms with Crippen LogP contribution in [-0.2, 0) is 4.79 Å². The maximum Gasteiger partial charge on any atom is 0.319 e. The van der Waals surface area contributed by atoms with E-state index in [-0.39, 0.29) is 18.0 Å². The quantitative estimate of drug-likeness (QED) is 0.749. The summed E-state index contributed by atoms with van der Waals surface area (Å²) in [6, 6.07) is 7.30. The van der Waals surface area contributed by atoms with Crippen molar-refractivity contribution in [3.63, 3.8) is 0 Å². The second-order valence-corrected chi connectivity index (χ2v) is 7.19. The molecule has 0 radical (unpaired) electrons. The second kappa shape index (κ2) is 8.71. The van der Waals surface area contributed by atoms with Crippen LogP contribution in [0.1, 0.15) is 52.9 Å². The fourth-order valence-electron chi connectivity index (χ4n) is 3.09. The van der Waals surface area contributed by atoms with Gasteiger partial charge in [-0.05, 0) is 48.9 Å². The van der Waals surface area contributed by atoms with Gasteiger partial charge in [-0.15, -0.1) is 0 Å². The van der Waals surface area contributed by atoms with Crippen LogP contribution < -0.4 is 16.0 Å². The highest BCUT2D eigenvalue weighted by Gasteiger charge is 2.22. The predicted octanol–water partition coefficient (Wildman–Crippen LogP) is 4.37. The summed E-state index contributed by atoms with van der Waals surface area (Å²) >= 11 is 0. The molecule has 132 valence electrons. The molecule has 0 bridgehead atoms. The van der Waals surface area contributed by atoms with Crippen LogP contribution in [0.5, 0.6) is 0 Å². The number of hydrogen-bond acceptors (Lipinski definition) is 2. The smallest absolute Gasteiger partial charge is 0.319 e.